The Morgan fingerprint density at radius 3 is 2.88 bits per heavy atom. The molecule has 0 spiro atoms. The largest absolute Gasteiger partial charge is 0.357 e. The topological polar surface area (TPSA) is 49.6 Å². The Hall–Kier alpha value is -1.07. The summed E-state index contributed by atoms with van der Waals surface area (Å²) in [6.45, 7) is 1.90. The van der Waals surface area contributed by atoms with Gasteiger partial charge in [0.25, 0.3) is 0 Å². The molecule has 1 amide bonds. The van der Waals surface area contributed by atoms with E-state index in [-0.39, 0.29) is 11.9 Å². The third-order valence-electron chi connectivity index (χ3n) is 3.08. The van der Waals surface area contributed by atoms with Crippen LogP contribution in [0.3, 0.4) is 0 Å². The predicted molar refractivity (Wildman–Crippen MR) is 72.0 cm³/mol. The van der Waals surface area contributed by atoms with Gasteiger partial charge in [0.05, 0.1) is 0 Å². The average Bonchev–Trinajstić information content (AvgIpc) is 2.32. The fourth-order valence-electron chi connectivity index (χ4n) is 2.10. The second-order valence-corrected chi connectivity index (χ2v) is 5.10. The molecule has 17 heavy (non-hydrogen) atoms. The molecule has 1 heterocycles. The van der Waals surface area contributed by atoms with Crippen LogP contribution in [0.2, 0.25) is 0 Å². The highest BCUT2D eigenvalue weighted by atomic mass is 79.9. The summed E-state index contributed by atoms with van der Waals surface area (Å²) in [7, 11) is 1.82. The van der Waals surface area contributed by atoms with Gasteiger partial charge in [-0.25, -0.2) is 0 Å². The van der Waals surface area contributed by atoms with Gasteiger partial charge >= 0.3 is 0 Å². The minimum absolute atomic E-state index is 0.0960. The molecule has 4 nitrogen and oxygen atoms in total. The number of hydrogen-bond acceptors (Lipinski definition) is 3. The highest BCUT2D eigenvalue weighted by Crippen LogP contribution is 2.23. The summed E-state index contributed by atoms with van der Waals surface area (Å²) in [4.78, 5) is 15.8. The lowest BCUT2D eigenvalue weighted by atomic mass is 10.1. The number of likely N-dealkylation sites (N-methyl/N-ethyl adjacent to an activating group) is 1. The van der Waals surface area contributed by atoms with Crippen LogP contribution in [0.5, 0.6) is 0 Å². The Bertz CT molecular complexity index is 424. The minimum atomic E-state index is -0.247. The van der Waals surface area contributed by atoms with Gasteiger partial charge < -0.3 is 15.5 Å². The molecule has 1 aromatic carbocycles. The fraction of sp³-hybridized carbons (Fsp3) is 0.417. The van der Waals surface area contributed by atoms with E-state index in [0.717, 1.165) is 23.2 Å². The summed E-state index contributed by atoms with van der Waals surface area (Å²) in [5, 5.41) is 0. The number of carbonyl (C=O) groups is 1. The molecule has 1 aromatic rings. The van der Waals surface area contributed by atoms with E-state index in [9.17, 15) is 4.79 Å². The number of nitrogens with two attached hydrogens (primary N) is 1. The Morgan fingerprint density at radius 2 is 2.24 bits per heavy atom. The van der Waals surface area contributed by atoms with Crippen LogP contribution in [0.1, 0.15) is 0 Å². The van der Waals surface area contributed by atoms with Crippen LogP contribution in [0.25, 0.3) is 0 Å². The quantitative estimate of drug-likeness (QED) is 0.888. The summed E-state index contributed by atoms with van der Waals surface area (Å²) in [6, 6.07) is 7.71. The van der Waals surface area contributed by atoms with Gasteiger partial charge in [-0.05, 0) is 18.2 Å². The zero-order chi connectivity index (χ0) is 12.4. The van der Waals surface area contributed by atoms with Crippen LogP contribution in [0.4, 0.5) is 5.69 Å². The van der Waals surface area contributed by atoms with Gasteiger partial charge in [-0.3, -0.25) is 4.79 Å². The van der Waals surface area contributed by atoms with Crippen molar-refractivity contribution in [2.45, 2.75) is 6.04 Å². The SMILES string of the molecule is CN1CCN(c2cccc(Br)c2)C(CN)C1=O. The Morgan fingerprint density at radius 1 is 1.47 bits per heavy atom. The summed E-state index contributed by atoms with van der Waals surface area (Å²) in [5.74, 6) is 0.0960. The number of nitrogens with zero attached hydrogens (tertiary/aromatic N) is 2. The first-order valence-corrected chi connectivity index (χ1v) is 6.40. The number of halogens is 1. The lowest BCUT2D eigenvalue weighted by Gasteiger charge is -2.40. The van der Waals surface area contributed by atoms with Crippen LogP contribution < -0.4 is 10.6 Å². The van der Waals surface area contributed by atoms with E-state index in [1.807, 2.05) is 31.3 Å². The first kappa shape index (κ1) is 12.4. The zero-order valence-corrected chi connectivity index (χ0v) is 11.4. The smallest absolute Gasteiger partial charge is 0.246 e. The second kappa shape index (κ2) is 5.06. The number of anilines is 1. The number of carbonyl (C=O) groups excluding carboxylic acids is 1. The standard InChI is InChI=1S/C12H16BrN3O/c1-15-5-6-16(11(8-14)12(15)17)10-4-2-3-9(13)7-10/h2-4,7,11H,5-6,8,14H2,1H3. The zero-order valence-electron chi connectivity index (χ0n) is 9.77. The number of benzene rings is 1. The molecular weight excluding hydrogens is 282 g/mol. The predicted octanol–water partition coefficient (Wildman–Crippen LogP) is 1.05. The molecule has 92 valence electrons. The van der Waals surface area contributed by atoms with E-state index >= 15 is 0 Å². The van der Waals surface area contributed by atoms with Crippen molar-refractivity contribution in [3.05, 3.63) is 28.7 Å². The van der Waals surface area contributed by atoms with E-state index < -0.39 is 0 Å². The van der Waals surface area contributed by atoms with Crippen molar-refractivity contribution in [1.29, 1.82) is 0 Å². The molecule has 0 bridgehead atoms. The van der Waals surface area contributed by atoms with Crippen LogP contribution in [0, 0.1) is 0 Å². The van der Waals surface area contributed by atoms with Crippen LogP contribution in [0.15, 0.2) is 28.7 Å². The van der Waals surface area contributed by atoms with Crippen molar-refractivity contribution < 1.29 is 4.79 Å². The van der Waals surface area contributed by atoms with E-state index in [1.165, 1.54) is 0 Å². The van der Waals surface area contributed by atoms with E-state index in [0.29, 0.717) is 6.54 Å². The van der Waals surface area contributed by atoms with Gasteiger partial charge in [-0.2, -0.15) is 0 Å². The molecule has 1 aliphatic rings. The molecule has 1 atom stereocenters. The van der Waals surface area contributed by atoms with Crippen LogP contribution >= 0.6 is 15.9 Å². The first-order valence-electron chi connectivity index (χ1n) is 5.60. The Kier molecular flexibility index (Phi) is 3.69. The Labute approximate surface area is 110 Å². The molecule has 0 radical (unpaired) electrons. The minimum Gasteiger partial charge on any atom is -0.357 e. The number of hydrogen-bond donors (Lipinski definition) is 1. The van der Waals surface area contributed by atoms with Gasteiger partial charge in [-0.1, -0.05) is 22.0 Å². The molecule has 1 aliphatic heterocycles. The molecule has 0 saturated carbocycles. The molecule has 1 fully saturated rings. The van der Waals surface area contributed by atoms with Crippen molar-refractivity contribution in [3.63, 3.8) is 0 Å². The van der Waals surface area contributed by atoms with E-state index in [4.69, 9.17) is 5.73 Å². The number of amides is 1. The lowest BCUT2D eigenvalue weighted by molar-refractivity contribution is -0.132. The summed E-state index contributed by atoms with van der Waals surface area (Å²) in [6.07, 6.45) is 0. The van der Waals surface area contributed by atoms with Crippen molar-refractivity contribution in [2.24, 2.45) is 5.73 Å². The maximum Gasteiger partial charge on any atom is 0.246 e. The van der Waals surface area contributed by atoms with Crippen LogP contribution in [-0.4, -0.2) is 43.5 Å². The van der Waals surface area contributed by atoms with E-state index in [2.05, 4.69) is 20.8 Å². The molecule has 1 unspecified atom stereocenters. The molecule has 2 rings (SSSR count). The van der Waals surface area contributed by atoms with Gasteiger partial charge in [0.1, 0.15) is 6.04 Å². The molecule has 2 N–H and O–H groups in total. The summed E-state index contributed by atoms with van der Waals surface area (Å²) in [5.41, 5.74) is 6.76. The number of piperazine rings is 1. The van der Waals surface area contributed by atoms with Crippen molar-refractivity contribution in [2.75, 3.05) is 31.6 Å². The lowest BCUT2D eigenvalue weighted by Crippen LogP contribution is -2.58. The molecule has 0 aliphatic carbocycles. The maximum atomic E-state index is 12.0. The van der Waals surface area contributed by atoms with Gasteiger partial charge in [0, 0.05) is 36.8 Å². The highest BCUT2D eigenvalue weighted by Gasteiger charge is 2.31. The first-order chi connectivity index (χ1) is 8.13. The van der Waals surface area contributed by atoms with Crippen LogP contribution in [-0.2, 0) is 4.79 Å². The van der Waals surface area contributed by atoms with Gasteiger partial charge in [0.15, 0.2) is 0 Å². The fourth-order valence-corrected chi connectivity index (χ4v) is 2.49. The normalized spacial score (nSPS) is 20.9. The maximum absolute atomic E-state index is 12.0. The van der Waals surface area contributed by atoms with Crippen molar-refractivity contribution in [1.82, 2.24) is 4.90 Å². The Balaban J connectivity index is 2.28. The highest BCUT2D eigenvalue weighted by molar-refractivity contribution is 9.10. The number of rotatable bonds is 2. The summed E-state index contributed by atoms with van der Waals surface area (Å²) < 4.78 is 1.01. The molecule has 5 heteroatoms. The molecular formula is C12H16BrN3O. The van der Waals surface area contributed by atoms with E-state index in [1.54, 1.807) is 4.90 Å². The summed E-state index contributed by atoms with van der Waals surface area (Å²) >= 11 is 3.44. The molecule has 0 aromatic heterocycles. The second-order valence-electron chi connectivity index (χ2n) is 4.18. The van der Waals surface area contributed by atoms with Gasteiger partial charge in [0.2, 0.25) is 5.91 Å². The average molecular weight is 298 g/mol. The van der Waals surface area contributed by atoms with Crippen molar-refractivity contribution in [3.8, 4) is 0 Å². The third kappa shape index (κ3) is 2.45. The third-order valence-corrected chi connectivity index (χ3v) is 3.57. The monoisotopic (exact) mass is 297 g/mol. The van der Waals surface area contributed by atoms with Gasteiger partial charge in [-0.15, -0.1) is 0 Å². The molecule has 1 saturated heterocycles. The van der Waals surface area contributed by atoms with Crippen molar-refractivity contribution >= 4 is 27.5 Å².